The summed E-state index contributed by atoms with van der Waals surface area (Å²) in [5.74, 6) is -0.708. The smallest absolute Gasteiger partial charge is 0.303 e. The second kappa shape index (κ2) is 11.0. The van der Waals surface area contributed by atoms with Crippen LogP contribution in [0.1, 0.15) is 31.2 Å². The summed E-state index contributed by atoms with van der Waals surface area (Å²) in [6.07, 6.45) is 2.98. The van der Waals surface area contributed by atoms with Crippen molar-refractivity contribution in [1.82, 2.24) is 10.9 Å². The van der Waals surface area contributed by atoms with Crippen LogP contribution >= 0.6 is 12.4 Å². The Bertz CT molecular complexity index is 320. The van der Waals surface area contributed by atoms with Crippen molar-refractivity contribution in [3.8, 4) is 0 Å². The number of hydrogen-bond donors (Lipinski definition) is 3. The zero-order chi connectivity index (χ0) is 12.3. The average Bonchev–Trinajstić information content (AvgIpc) is 2.33. The molecule has 18 heavy (non-hydrogen) atoms. The van der Waals surface area contributed by atoms with E-state index in [0.717, 1.165) is 32.4 Å². The first-order chi connectivity index (χ1) is 8.29. The highest BCUT2D eigenvalue weighted by molar-refractivity contribution is 5.85. The van der Waals surface area contributed by atoms with E-state index in [2.05, 4.69) is 23.0 Å². The fraction of sp³-hybridized carbons (Fsp3) is 0.462. The first kappa shape index (κ1) is 16.9. The molecule has 0 aliphatic heterocycles. The minimum absolute atomic E-state index is 0. The number of hydrogen-bond acceptors (Lipinski definition) is 3. The number of carboxylic acid groups (broad SMARTS) is 1. The Morgan fingerprint density at radius 1 is 1.06 bits per heavy atom. The second-order valence-corrected chi connectivity index (χ2v) is 3.97. The summed E-state index contributed by atoms with van der Waals surface area (Å²) < 4.78 is 0. The molecule has 0 fully saturated rings. The number of unbranched alkanes of at least 4 members (excludes halogenated alkanes) is 2. The molecule has 4 nitrogen and oxygen atoms in total. The maximum atomic E-state index is 10.3. The van der Waals surface area contributed by atoms with Crippen molar-refractivity contribution < 1.29 is 9.90 Å². The summed E-state index contributed by atoms with van der Waals surface area (Å²) >= 11 is 0. The monoisotopic (exact) mass is 272 g/mol. The highest BCUT2D eigenvalue weighted by Gasteiger charge is 1.96. The second-order valence-electron chi connectivity index (χ2n) is 3.97. The van der Waals surface area contributed by atoms with Gasteiger partial charge in [0.25, 0.3) is 0 Å². The molecular weight excluding hydrogens is 252 g/mol. The third-order valence-electron chi connectivity index (χ3n) is 2.45. The SMILES string of the molecule is Cl.O=C(O)CCCCCNNCc1ccccc1. The lowest BCUT2D eigenvalue weighted by Gasteiger charge is -2.06. The molecule has 1 rings (SSSR count). The van der Waals surface area contributed by atoms with E-state index in [9.17, 15) is 4.79 Å². The largest absolute Gasteiger partial charge is 0.481 e. The van der Waals surface area contributed by atoms with Gasteiger partial charge in [-0.05, 0) is 18.4 Å². The first-order valence-electron chi connectivity index (χ1n) is 6.00. The van der Waals surface area contributed by atoms with Gasteiger partial charge in [0.1, 0.15) is 0 Å². The molecule has 0 aliphatic carbocycles. The van der Waals surface area contributed by atoms with E-state index in [-0.39, 0.29) is 18.8 Å². The molecule has 0 heterocycles. The summed E-state index contributed by atoms with van der Waals surface area (Å²) in [6.45, 7) is 1.67. The molecule has 0 amide bonds. The van der Waals surface area contributed by atoms with Gasteiger partial charge in [-0.2, -0.15) is 0 Å². The highest BCUT2D eigenvalue weighted by atomic mass is 35.5. The van der Waals surface area contributed by atoms with Crippen molar-refractivity contribution in [2.75, 3.05) is 6.54 Å². The summed E-state index contributed by atoms with van der Waals surface area (Å²) in [5, 5.41) is 8.45. The van der Waals surface area contributed by atoms with Gasteiger partial charge in [-0.25, -0.2) is 0 Å². The van der Waals surface area contributed by atoms with Crippen molar-refractivity contribution in [1.29, 1.82) is 0 Å². The lowest BCUT2D eigenvalue weighted by Crippen LogP contribution is -2.31. The zero-order valence-corrected chi connectivity index (χ0v) is 11.2. The highest BCUT2D eigenvalue weighted by Crippen LogP contribution is 1.98. The normalized spacial score (nSPS) is 9.78. The van der Waals surface area contributed by atoms with Crippen molar-refractivity contribution in [2.24, 2.45) is 0 Å². The number of aliphatic carboxylic acids is 1. The lowest BCUT2D eigenvalue weighted by atomic mass is 10.2. The summed E-state index contributed by atoms with van der Waals surface area (Å²) in [4.78, 5) is 10.3. The number of benzene rings is 1. The van der Waals surface area contributed by atoms with Crippen molar-refractivity contribution in [3.63, 3.8) is 0 Å². The topological polar surface area (TPSA) is 61.4 Å². The van der Waals surface area contributed by atoms with Gasteiger partial charge in [0.05, 0.1) is 0 Å². The molecule has 1 aromatic rings. The van der Waals surface area contributed by atoms with Gasteiger partial charge >= 0.3 is 5.97 Å². The summed E-state index contributed by atoms with van der Waals surface area (Å²) in [5.41, 5.74) is 7.50. The van der Waals surface area contributed by atoms with E-state index in [1.807, 2.05) is 18.2 Å². The average molecular weight is 273 g/mol. The Morgan fingerprint density at radius 2 is 1.78 bits per heavy atom. The maximum Gasteiger partial charge on any atom is 0.303 e. The van der Waals surface area contributed by atoms with Crippen LogP contribution in [0.2, 0.25) is 0 Å². The minimum Gasteiger partial charge on any atom is -0.481 e. The van der Waals surface area contributed by atoms with Crippen LogP contribution in [0.4, 0.5) is 0 Å². The van der Waals surface area contributed by atoms with Gasteiger partial charge < -0.3 is 5.11 Å². The molecule has 102 valence electrons. The predicted octanol–water partition coefficient (Wildman–Crippen LogP) is 2.35. The van der Waals surface area contributed by atoms with Crippen LogP contribution in [0.25, 0.3) is 0 Å². The zero-order valence-electron chi connectivity index (χ0n) is 10.4. The molecule has 3 N–H and O–H groups in total. The summed E-state index contributed by atoms with van der Waals surface area (Å²) in [7, 11) is 0. The quantitative estimate of drug-likeness (QED) is 0.477. The molecule has 0 atom stereocenters. The number of hydrazine groups is 1. The van der Waals surface area contributed by atoms with Crippen LogP contribution in [0, 0.1) is 0 Å². The molecule has 1 aromatic carbocycles. The standard InChI is InChI=1S/C13H20N2O2.ClH/c16-13(17)9-5-2-6-10-14-15-11-12-7-3-1-4-8-12;/h1,3-4,7-8,14-15H,2,5-6,9-11H2,(H,16,17);1H. The van der Waals surface area contributed by atoms with Gasteiger partial charge in [-0.1, -0.05) is 36.8 Å². The molecule has 5 heteroatoms. The molecule has 0 spiro atoms. The van der Waals surface area contributed by atoms with Gasteiger partial charge in [0.2, 0.25) is 0 Å². The van der Waals surface area contributed by atoms with Crippen LogP contribution in [0.5, 0.6) is 0 Å². The van der Waals surface area contributed by atoms with Crippen molar-refractivity contribution in [2.45, 2.75) is 32.2 Å². The Balaban J connectivity index is 0.00000289. The van der Waals surface area contributed by atoms with E-state index in [1.54, 1.807) is 0 Å². The molecule has 0 unspecified atom stereocenters. The minimum atomic E-state index is -0.708. The van der Waals surface area contributed by atoms with Gasteiger partial charge in [0.15, 0.2) is 0 Å². The van der Waals surface area contributed by atoms with Crippen LogP contribution in [-0.2, 0) is 11.3 Å². The fourth-order valence-electron chi connectivity index (χ4n) is 1.52. The predicted molar refractivity (Wildman–Crippen MR) is 74.6 cm³/mol. The van der Waals surface area contributed by atoms with Gasteiger partial charge in [0, 0.05) is 19.5 Å². The first-order valence-corrected chi connectivity index (χ1v) is 6.00. The Hall–Kier alpha value is -1.10. The molecule has 0 bridgehead atoms. The number of nitrogens with one attached hydrogen (secondary N) is 2. The Kier molecular flexibility index (Phi) is 10.3. The van der Waals surface area contributed by atoms with Gasteiger partial charge in [-0.15, -0.1) is 12.4 Å². The Labute approximate surface area is 114 Å². The third kappa shape index (κ3) is 8.98. The Morgan fingerprint density at radius 3 is 2.44 bits per heavy atom. The third-order valence-corrected chi connectivity index (χ3v) is 2.45. The van der Waals surface area contributed by atoms with Crippen LogP contribution in [0.15, 0.2) is 30.3 Å². The van der Waals surface area contributed by atoms with Crippen LogP contribution in [-0.4, -0.2) is 17.6 Å². The van der Waals surface area contributed by atoms with E-state index >= 15 is 0 Å². The van der Waals surface area contributed by atoms with Crippen molar-refractivity contribution in [3.05, 3.63) is 35.9 Å². The molecule has 0 aliphatic rings. The van der Waals surface area contributed by atoms with Crippen LogP contribution < -0.4 is 10.9 Å². The molecule has 0 radical (unpaired) electrons. The summed E-state index contributed by atoms with van der Waals surface area (Å²) in [6, 6.07) is 10.2. The van der Waals surface area contributed by atoms with E-state index in [1.165, 1.54) is 5.56 Å². The van der Waals surface area contributed by atoms with E-state index < -0.39 is 5.97 Å². The lowest BCUT2D eigenvalue weighted by molar-refractivity contribution is -0.137. The molecule has 0 aromatic heterocycles. The van der Waals surface area contributed by atoms with E-state index in [0.29, 0.717) is 0 Å². The van der Waals surface area contributed by atoms with Crippen LogP contribution in [0.3, 0.4) is 0 Å². The number of carboxylic acids is 1. The maximum absolute atomic E-state index is 10.3. The fourth-order valence-corrected chi connectivity index (χ4v) is 1.52. The number of carbonyl (C=O) groups is 1. The number of halogens is 1. The molecule has 0 saturated carbocycles. The van der Waals surface area contributed by atoms with Crippen molar-refractivity contribution >= 4 is 18.4 Å². The van der Waals surface area contributed by atoms with Gasteiger partial charge in [-0.3, -0.25) is 15.6 Å². The number of rotatable bonds is 9. The van der Waals surface area contributed by atoms with E-state index in [4.69, 9.17) is 5.11 Å². The molecule has 0 saturated heterocycles. The molecular formula is C13H21ClN2O2.